The molecule has 5 atom stereocenters. The highest BCUT2D eigenvalue weighted by Crippen LogP contribution is 2.29. The SMILES string of the molecule is CO[C@H]1O[C@H](CI)[C@@H](O)[C@H](OCc2ccccc2)[C@@H]1OCc1ccccc1. The predicted octanol–water partition coefficient (Wildman–Crippen LogP) is 3.32. The Balaban J connectivity index is 1.73. The molecular formula is C21H25IO5. The van der Waals surface area contributed by atoms with Crippen LogP contribution in [0.15, 0.2) is 60.7 Å². The Kier molecular flexibility index (Phi) is 8.05. The third-order valence-electron chi connectivity index (χ3n) is 4.57. The maximum absolute atomic E-state index is 10.8. The van der Waals surface area contributed by atoms with Gasteiger partial charge in [-0.25, -0.2) is 0 Å². The van der Waals surface area contributed by atoms with E-state index in [4.69, 9.17) is 18.9 Å². The molecule has 0 bridgehead atoms. The molecule has 2 aromatic rings. The molecule has 0 radical (unpaired) electrons. The fourth-order valence-electron chi connectivity index (χ4n) is 3.11. The molecule has 1 heterocycles. The van der Waals surface area contributed by atoms with Crippen molar-refractivity contribution in [3.8, 4) is 0 Å². The van der Waals surface area contributed by atoms with Crippen LogP contribution in [0.2, 0.25) is 0 Å². The molecule has 3 rings (SSSR count). The van der Waals surface area contributed by atoms with Gasteiger partial charge >= 0.3 is 0 Å². The van der Waals surface area contributed by atoms with E-state index in [0.717, 1.165) is 11.1 Å². The summed E-state index contributed by atoms with van der Waals surface area (Å²) in [7, 11) is 1.58. The Hall–Kier alpha value is -1.03. The van der Waals surface area contributed by atoms with Gasteiger partial charge < -0.3 is 24.1 Å². The first kappa shape index (κ1) is 20.7. The second kappa shape index (κ2) is 10.5. The zero-order chi connectivity index (χ0) is 19.1. The summed E-state index contributed by atoms with van der Waals surface area (Å²) in [5, 5.41) is 10.8. The molecule has 0 unspecified atom stereocenters. The Labute approximate surface area is 173 Å². The molecule has 0 aliphatic carbocycles. The van der Waals surface area contributed by atoms with Crippen molar-refractivity contribution in [1.29, 1.82) is 0 Å². The number of aliphatic hydroxyl groups is 1. The summed E-state index contributed by atoms with van der Waals surface area (Å²) in [6, 6.07) is 19.8. The fraction of sp³-hybridized carbons (Fsp3) is 0.429. The third-order valence-corrected chi connectivity index (χ3v) is 5.44. The largest absolute Gasteiger partial charge is 0.388 e. The van der Waals surface area contributed by atoms with E-state index < -0.39 is 24.6 Å². The minimum absolute atomic E-state index is 0.368. The normalized spacial score (nSPS) is 28.2. The molecular weight excluding hydrogens is 459 g/mol. The first-order valence-electron chi connectivity index (χ1n) is 8.96. The van der Waals surface area contributed by atoms with E-state index in [1.165, 1.54) is 0 Å². The van der Waals surface area contributed by atoms with Crippen LogP contribution in [0.25, 0.3) is 0 Å². The smallest absolute Gasteiger partial charge is 0.186 e. The van der Waals surface area contributed by atoms with Crippen molar-refractivity contribution in [2.24, 2.45) is 0 Å². The molecule has 27 heavy (non-hydrogen) atoms. The van der Waals surface area contributed by atoms with Crippen LogP contribution in [0.1, 0.15) is 11.1 Å². The summed E-state index contributed by atoms with van der Waals surface area (Å²) >= 11 is 2.20. The summed E-state index contributed by atoms with van der Waals surface area (Å²) in [6.07, 6.45) is -2.84. The van der Waals surface area contributed by atoms with E-state index in [9.17, 15) is 5.11 Å². The van der Waals surface area contributed by atoms with Crippen LogP contribution >= 0.6 is 22.6 Å². The van der Waals surface area contributed by atoms with Gasteiger partial charge in [-0.2, -0.15) is 0 Å². The van der Waals surface area contributed by atoms with Crippen molar-refractivity contribution < 1.29 is 24.1 Å². The quantitative estimate of drug-likeness (QED) is 0.461. The van der Waals surface area contributed by atoms with Gasteiger partial charge in [-0.1, -0.05) is 83.3 Å². The maximum Gasteiger partial charge on any atom is 0.186 e. The Morgan fingerprint density at radius 1 is 0.889 bits per heavy atom. The number of hydrogen-bond donors (Lipinski definition) is 1. The van der Waals surface area contributed by atoms with Crippen molar-refractivity contribution >= 4 is 22.6 Å². The molecule has 5 nitrogen and oxygen atoms in total. The summed E-state index contributed by atoms with van der Waals surface area (Å²) in [5.41, 5.74) is 2.08. The zero-order valence-electron chi connectivity index (χ0n) is 15.2. The molecule has 1 saturated heterocycles. The van der Waals surface area contributed by atoms with E-state index in [2.05, 4.69) is 22.6 Å². The van der Waals surface area contributed by atoms with Crippen LogP contribution in [-0.2, 0) is 32.2 Å². The number of methoxy groups -OCH3 is 1. The highest BCUT2D eigenvalue weighted by atomic mass is 127. The Morgan fingerprint density at radius 3 is 1.89 bits per heavy atom. The highest BCUT2D eigenvalue weighted by Gasteiger charge is 2.46. The first-order valence-corrected chi connectivity index (χ1v) is 10.5. The monoisotopic (exact) mass is 484 g/mol. The van der Waals surface area contributed by atoms with Crippen LogP contribution in [0.3, 0.4) is 0 Å². The van der Waals surface area contributed by atoms with Gasteiger partial charge in [-0.05, 0) is 11.1 Å². The molecule has 0 amide bonds. The summed E-state index contributed by atoms with van der Waals surface area (Å²) < 4.78 is 24.3. The van der Waals surface area contributed by atoms with Gasteiger partial charge in [0, 0.05) is 11.5 Å². The van der Waals surface area contributed by atoms with Crippen LogP contribution < -0.4 is 0 Å². The fourth-order valence-corrected chi connectivity index (χ4v) is 3.84. The summed E-state index contributed by atoms with van der Waals surface area (Å²) in [6.45, 7) is 0.777. The van der Waals surface area contributed by atoms with Crippen LogP contribution in [0, 0.1) is 0 Å². The van der Waals surface area contributed by atoms with E-state index in [-0.39, 0.29) is 6.10 Å². The number of rotatable bonds is 8. The van der Waals surface area contributed by atoms with Crippen LogP contribution in [0.5, 0.6) is 0 Å². The van der Waals surface area contributed by atoms with Crippen LogP contribution in [-0.4, -0.2) is 47.3 Å². The second-order valence-electron chi connectivity index (χ2n) is 6.45. The van der Waals surface area contributed by atoms with E-state index >= 15 is 0 Å². The van der Waals surface area contributed by atoms with E-state index in [1.54, 1.807) is 7.11 Å². The third kappa shape index (κ3) is 5.49. The summed E-state index contributed by atoms with van der Waals surface area (Å²) in [4.78, 5) is 0. The summed E-state index contributed by atoms with van der Waals surface area (Å²) in [5.74, 6) is 0. The van der Waals surface area contributed by atoms with Crippen molar-refractivity contribution in [2.45, 2.75) is 43.9 Å². The predicted molar refractivity (Wildman–Crippen MR) is 111 cm³/mol. The molecule has 0 spiro atoms. The number of aliphatic hydroxyl groups excluding tert-OH is 1. The van der Waals surface area contributed by atoms with Gasteiger partial charge in [0.25, 0.3) is 0 Å². The molecule has 1 fully saturated rings. The van der Waals surface area contributed by atoms with Crippen molar-refractivity contribution in [3.05, 3.63) is 71.8 Å². The highest BCUT2D eigenvalue weighted by molar-refractivity contribution is 14.1. The van der Waals surface area contributed by atoms with Crippen molar-refractivity contribution in [3.63, 3.8) is 0 Å². The Bertz CT molecular complexity index is 669. The maximum atomic E-state index is 10.8. The van der Waals surface area contributed by atoms with E-state index in [1.807, 2.05) is 60.7 Å². The number of ether oxygens (including phenoxy) is 4. The van der Waals surface area contributed by atoms with Gasteiger partial charge in [0.05, 0.1) is 19.3 Å². The molecule has 6 heteroatoms. The van der Waals surface area contributed by atoms with Gasteiger partial charge in [-0.3, -0.25) is 0 Å². The number of halogens is 1. The number of benzene rings is 2. The molecule has 1 aliphatic heterocycles. The molecule has 1 aliphatic rings. The van der Waals surface area contributed by atoms with E-state index in [0.29, 0.717) is 17.6 Å². The average Bonchev–Trinajstić information content (AvgIpc) is 2.73. The average molecular weight is 484 g/mol. The van der Waals surface area contributed by atoms with Crippen molar-refractivity contribution in [1.82, 2.24) is 0 Å². The van der Waals surface area contributed by atoms with Gasteiger partial charge in [0.15, 0.2) is 6.29 Å². The molecule has 2 aromatic carbocycles. The molecule has 1 N–H and O–H groups in total. The van der Waals surface area contributed by atoms with Gasteiger partial charge in [-0.15, -0.1) is 0 Å². The number of hydrogen-bond acceptors (Lipinski definition) is 5. The topological polar surface area (TPSA) is 57.2 Å². The minimum Gasteiger partial charge on any atom is -0.388 e. The number of alkyl halides is 1. The molecule has 0 saturated carbocycles. The standard InChI is InChI=1S/C21H25IO5/c1-24-21-20(26-14-16-10-6-3-7-11-16)19(18(23)17(12-22)27-21)25-13-15-8-4-2-5-9-15/h2-11,17-21,23H,12-14H2,1H3/t17-,18-,19+,20+,21+/m1/s1. The van der Waals surface area contributed by atoms with Crippen LogP contribution in [0.4, 0.5) is 0 Å². The lowest BCUT2D eigenvalue weighted by molar-refractivity contribution is -0.305. The first-order chi connectivity index (χ1) is 13.2. The molecule has 146 valence electrons. The van der Waals surface area contributed by atoms with Gasteiger partial charge in [0.1, 0.15) is 18.3 Å². The zero-order valence-corrected chi connectivity index (χ0v) is 17.4. The van der Waals surface area contributed by atoms with Crippen molar-refractivity contribution in [2.75, 3.05) is 11.5 Å². The Morgan fingerprint density at radius 2 is 1.41 bits per heavy atom. The lowest BCUT2D eigenvalue weighted by atomic mass is 9.99. The molecule has 0 aromatic heterocycles. The van der Waals surface area contributed by atoms with Gasteiger partial charge in [0.2, 0.25) is 0 Å². The second-order valence-corrected chi connectivity index (χ2v) is 7.33. The lowest BCUT2D eigenvalue weighted by Gasteiger charge is -2.43. The lowest BCUT2D eigenvalue weighted by Crippen LogP contribution is -2.60. The minimum atomic E-state index is -0.794.